The van der Waals surface area contributed by atoms with Gasteiger partial charge in [0.25, 0.3) is 0 Å². The fourth-order valence-electron chi connectivity index (χ4n) is 6.03. The van der Waals surface area contributed by atoms with Gasteiger partial charge in [-0.3, -0.25) is 9.78 Å². The number of hydrogen-bond donors (Lipinski definition) is 1. The number of hydrogen-bond acceptors (Lipinski definition) is 5. The lowest BCUT2D eigenvalue weighted by molar-refractivity contribution is -0.104. The molecule has 0 unspecified atom stereocenters. The number of aliphatic hydroxyl groups excluding tert-OH is 1. The van der Waals surface area contributed by atoms with Gasteiger partial charge in [-0.05, 0) is 56.6 Å². The Bertz CT molecular complexity index is 1020. The average molecular weight is 391 g/mol. The van der Waals surface area contributed by atoms with Crippen LogP contribution in [-0.4, -0.2) is 41.8 Å². The number of nitrogens with zero attached hydrogens (tertiary/aromatic N) is 1. The Labute approximate surface area is 170 Å². The van der Waals surface area contributed by atoms with Crippen LogP contribution >= 0.6 is 0 Å². The van der Waals surface area contributed by atoms with Crippen LogP contribution in [0.2, 0.25) is 0 Å². The maximum Gasteiger partial charge on any atom is 0.220 e. The van der Waals surface area contributed by atoms with Gasteiger partial charge in [-0.2, -0.15) is 0 Å². The highest BCUT2D eigenvalue weighted by Crippen LogP contribution is 2.62. The topological polar surface area (TPSA) is 51.2 Å². The molecule has 0 amide bonds. The predicted molar refractivity (Wildman–Crippen MR) is 108 cm³/mol. The number of ether oxygens (including phenoxy) is 1. The first-order valence-corrected chi connectivity index (χ1v) is 10.4. The van der Waals surface area contributed by atoms with Gasteiger partial charge in [-0.1, -0.05) is 36.4 Å². The van der Waals surface area contributed by atoms with E-state index in [0.29, 0.717) is 23.5 Å². The molecule has 29 heavy (non-hydrogen) atoms. The Hall–Kier alpha value is -2.50. The summed E-state index contributed by atoms with van der Waals surface area (Å²) in [6.45, 7) is 2.99. The standard InChI is InChI=1S/C24H25NO4/c1-14-5-3-4-6-19(14)28-29-20-10-7-15-13-17-16-8-9-18(26)23-24(16,11-12-25(17)2)21(15)22(20)27-23/h3-10,16-18,23,26H,11-13H2,1-2H3/t16-,17+,18-,23-,24-/m0/s1. The zero-order valence-electron chi connectivity index (χ0n) is 16.7. The van der Waals surface area contributed by atoms with E-state index in [-0.39, 0.29) is 11.5 Å². The lowest BCUT2D eigenvalue weighted by atomic mass is 9.53. The maximum absolute atomic E-state index is 10.8. The number of rotatable bonds is 3. The van der Waals surface area contributed by atoms with Crippen molar-refractivity contribution in [3.63, 3.8) is 0 Å². The molecular formula is C24H25NO4. The van der Waals surface area contributed by atoms with Crippen LogP contribution in [0.4, 0.5) is 0 Å². The second-order valence-corrected chi connectivity index (χ2v) is 8.84. The van der Waals surface area contributed by atoms with E-state index in [1.54, 1.807) is 0 Å². The van der Waals surface area contributed by atoms with Crippen molar-refractivity contribution in [2.45, 2.75) is 43.4 Å². The summed E-state index contributed by atoms with van der Waals surface area (Å²) in [4.78, 5) is 13.9. The van der Waals surface area contributed by atoms with Crippen LogP contribution in [0, 0.1) is 12.8 Å². The van der Waals surface area contributed by atoms with Crippen molar-refractivity contribution < 1.29 is 19.6 Å². The number of aryl methyl sites for hydroxylation is 1. The molecule has 5 nitrogen and oxygen atoms in total. The molecule has 2 aliphatic heterocycles. The van der Waals surface area contributed by atoms with Gasteiger partial charge < -0.3 is 14.7 Å². The SMILES string of the molecule is Cc1ccccc1OOc1ccc2c3c1O[C@H]1[C@@H](O)C=C[C@H]4[C@@H](C2)N(C)CC[C@@]341. The monoisotopic (exact) mass is 391 g/mol. The van der Waals surface area contributed by atoms with E-state index < -0.39 is 6.10 Å². The third kappa shape index (κ3) is 2.23. The second-order valence-electron chi connectivity index (χ2n) is 8.84. The Kier molecular flexibility index (Phi) is 3.59. The van der Waals surface area contributed by atoms with Gasteiger partial charge in [0.1, 0.15) is 12.2 Å². The largest absolute Gasteiger partial charge is 0.482 e. The third-order valence-corrected chi connectivity index (χ3v) is 7.45. The highest BCUT2D eigenvalue weighted by molar-refractivity contribution is 5.62. The Balaban J connectivity index is 1.44. The zero-order valence-corrected chi connectivity index (χ0v) is 16.7. The van der Waals surface area contributed by atoms with Crippen LogP contribution in [0.1, 0.15) is 23.1 Å². The lowest BCUT2D eigenvalue weighted by Gasteiger charge is -2.56. The highest BCUT2D eigenvalue weighted by Gasteiger charge is 2.64. The van der Waals surface area contributed by atoms with Gasteiger partial charge in [0.2, 0.25) is 5.75 Å². The zero-order chi connectivity index (χ0) is 19.8. The summed E-state index contributed by atoms with van der Waals surface area (Å²) >= 11 is 0. The van der Waals surface area contributed by atoms with Crippen LogP contribution in [0.3, 0.4) is 0 Å². The van der Waals surface area contributed by atoms with Crippen molar-refractivity contribution >= 4 is 0 Å². The van der Waals surface area contributed by atoms with E-state index in [2.05, 4.69) is 24.1 Å². The fraction of sp³-hybridized carbons (Fsp3) is 0.417. The molecule has 5 atom stereocenters. The van der Waals surface area contributed by atoms with E-state index in [1.807, 2.05) is 43.3 Å². The molecule has 1 saturated heterocycles. The first-order chi connectivity index (χ1) is 14.1. The van der Waals surface area contributed by atoms with Gasteiger partial charge >= 0.3 is 0 Å². The van der Waals surface area contributed by atoms with E-state index >= 15 is 0 Å². The molecule has 2 aliphatic carbocycles. The summed E-state index contributed by atoms with van der Waals surface area (Å²) < 4.78 is 6.45. The van der Waals surface area contributed by atoms with E-state index in [9.17, 15) is 5.11 Å². The molecule has 0 saturated carbocycles. The molecule has 6 rings (SSSR count). The Morgan fingerprint density at radius 3 is 2.79 bits per heavy atom. The summed E-state index contributed by atoms with van der Waals surface area (Å²) in [7, 11) is 2.21. The van der Waals surface area contributed by atoms with Crippen molar-refractivity contribution in [1.82, 2.24) is 4.90 Å². The fourth-order valence-corrected chi connectivity index (χ4v) is 6.03. The average Bonchev–Trinajstić information content (AvgIpc) is 3.08. The van der Waals surface area contributed by atoms with Crippen LogP contribution in [-0.2, 0) is 11.8 Å². The minimum atomic E-state index is -0.612. The molecule has 2 bridgehead atoms. The summed E-state index contributed by atoms with van der Waals surface area (Å²) in [6, 6.07) is 12.3. The summed E-state index contributed by atoms with van der Waals surface area (Å²) in [5.41, 5.74) is 3.36. The lowest BCUT2D eigenvalue weighted by Crippen LogP contribution is -2.64. The normalized spacial score (nSPS) is 33.8. The third-order valence-electron chi connectivity index (χ3n) is 7.45. The minimum Gasteiger partial charge on any atom is -0.482 e. The van der Waals surface area contributed by atoms with Crippen molar-refractivity contribution in [1.29, 1.82) is 0 Å². The molecule has 2 aromatic rings. The number of benzene rings is 2. The quantitative estimate of drug-likeness (QED) is 0.495. The van der Waals surface area contributed by atoms with E-state index in [1.165, 1.54) is 11.1 Å². The second kappa shape index (κ2) is 6.00. The van der Waals surface area contributed by atoms with Crippen molar-refractivity contribution in [3.8, 4) is 17.2 Å². The predicted octanol–water partition coefficient (Wildman–Crippen LogP) is 3.17. The van der Waals surface area contributed by atoms with Gasteiger partial charge in [0.15, 0.2) is 11.5 Å². The summed E-state index contributed by atoms with van der Waals surface area (Å²) in [5.74, 6) is 2.36. The van der Waals surface area contributed by atoms with Gasteiger partial charge in [0.05, 0.1) is 0 Å². The first kappa shape index (κ1) is 17.4. The maximum atomic E-state index is 10.8. The first-order valence-electron chi connectivity index (χ1n) is 10.4. The van der Waals surface area contributed by atoms with Crippen LogP contribution in [0.5, 0.6) is 17.2 Å². The molecule has 1 N–H and O–H groups in total. The molecule has 1 fully saturated rings. The van der Waals surface area contributed by atoms with Gasteiger partial charge in [-0.25, -0.2) is 0 Å². The molecule has 1 spiro atoms. The van der Waals surface area contributed by atoms with Crippen molar-refractivity contribution in [2.75, 3.05) is 13.6 Å². The van der Waals surface area contributed by atoms with Crippen LogP contribution in [0.15, 0.2) is 48.6 Å². The number of para-hydroxylation sites is 1. The molecule has 0 radical (unpaired) electrons. The molecule has 4 aliphatic rings. The number of aliphatic hydroxyl groups is 1. The van der Waals surface area contributed by atoms with Crippen LogP contribution in [0.25, 0.3) is 0 Å². The summed E-state index contributed by atoms with van der Waals surface area (Å²) in [5, 5.41) is 10.8. The number of likely N-dealkylation sites (tertiary alicyclic amines) is 1. The highest BCUT2D eigenvalue weighted by atomic mass is 17.2. The Morgan fingerprint density at radius 2 is 1.93 bits per heavy atom. The number of likely N-dealkylation sites (N-methyl/N-ethyl adjacent to an activating group) is 1. The van der Waals surface area contributed by atoms with E-state index in [0.717, 1.165) is 30.7 Å². The molecule has 2 aromatic carbocycles. The van der Waals surface area contributed by atoms with E-state index in [4.69, 9.17) is 14.5 Å². The number of piperidine rings is 1. The van der Waals surface area contributed by atoms with Crippen molar-refractivity contribution in [3.05, 3.63) is 65.2 Å². The van der Waals surface area contributed by atoms with Crippen LogP contribution < -0.4 is 14.5 Å². The van der Waals surface area contributed by atoms with Gasteiger partial charge in [0, 0.05) is 22.9 Å². The molecular weight excluding hydrogens is 366 g/mol. The Morgan fingerprint density at radius 1 is 1.10 bits per heavy atom. The molecule has 0 aromatic heterocycles. The van der Waals surface area contributed by atoms with Crippen molar-refractivity contribution in [2.24, 2.45) is 5.92 Å². The molecule has 5 heteroatoms. The smallest absolute Gasteiger partial charge is 0.220 e. The minimum absolute atomic E-state index is 0.184. The van der Waals surface area contributed by atoms with Gasteiger partial charge in [-0.15, -0.1) is 0 Å². The molecule has 2 heterocycles. The molecule has 150 valence electrons. The summed E-state index contributed by atoms with van der Waals surface area (Å²) in [6.07, 6.45) is 5.21.